The van der Waals surface area contributed by atoms with Crippen molar-refractivity contribution in [3.63, 3.8) is 0 Å². The van der Waals surface area contributed by atoms with Crippen molar-refractivity contribution in [2.75, 3.05) is 23.3 Å². The molecular formula is C29H32N6O2. The Balaban J connectivity index is 1.62. The minimum absolute atomic E-state index is 0.0750. The highest BCUT2D eigenvalue weighted by atomic mass is 16.2. The largest absolute Gasteiger partial charge is 0.370 e. The van der Waals surface area contributed by atoms with Crippen molar-refractivity contribution in [2.24, 2.45) is 5.73 Å². The number of anilines is 2. The Labute approximate surface area is 216 Å². The van der Waals surface area contributed by atoms with Gasteiger partial charge in [-0.15, -0.1) is 0 Å². The van der Waals surface area contributed by atoms with E-state index in [4.69, 9.17) is 10.7 Å². The molecule has 4 aromatic rings. The zero-order valence-corrected chi connectivity index (χ0v) is 21.5. The van der Waals surface area contributed by atoms with Gasteiger partial charge in [-0.2, -0.15) is 5.10 Å². The van der Waals surface area contributed by atoms with Crippen molar-refractivity contribution < 1.29 is 9.59 Å². The highest BCUT2D eigenvalue weighted by molar-refractivity contribution is 6.14. The van der Waals surface area contributed by atoms with Crippen LogP contribution >= 0.6 is 0 Å². The summed E-state index contributed by atoms with van der Waals surface area (Å²) in [6, 6.07) is 15.1. The molecule has 8 nitrogen and oxygen atoms in total. The van der Waals surface area contributed by atoms with E-state index in [1.54, 1.807) is 18.3 Å². The Kier molecular flexibility index (Phi) is 6.65. The van der Waals surface area contributed by atoms with Crippen LogP contribution in [0.4, 0.5) is 11.4 Å². The number of amides is 2. The lowest BCUT2D eigenvalue weighted by atomic mass is 10.0. The van der Waals surface area contributed by atoms with E-state index >= 15 is 0 Å². The number of hydrogen-bond donors (Lipinski definition) is 2. The summed E-state index contributed by atoms with van der Waals surface area (Å²) in [5.41, 5.74) is 11.2. The Hall–Kier alpha value is -4.20. The van der Waals surface area contributed by atoms with E-state index < -0.39 is 5.91 Å². The van der Waals surface area contributed by atoms with Crippen LogP contribution in [-0.2, 0) is 0 Å². The van der Waals surface area contributed by atoms with Crippen molar-refractivity contribution in [3.8, 4) is 11.3 Å². The molecule has 1 aliphatic heterocycles. The summed E-state index contributed by atoms with van der Waals surface area (Å²) in [6.07, 6.45) is 5.06. The van der Waals surface area contributed by atoms with Gasteiger partial charge in [0.2, 0.25) is 5.91 Å². The standard InChI is InChI=1S/C29H32N6O2/c1-18(2)35-28-23(17-31-35)22(16-24(32-28)21-10-6-5-9-19(21)3)29(37)33-25-15-20(27(30)36)11-12-26(25)34-13-7-4-8-14-34/h5-6,9-12,15-18H,4,7-8,13-14H2,1-3H3,(H2,30,36)(H,33,37). The van der Waals surface area contributed by atoms with Crippen LogP contribution < -0.4 is 16.0 Å². The summed E-state index contributed by atoms with van der Waals surface area (Å²) in [5.74, 6) is -0.822. The van der Waals surface area contributed by atoms with Crippen LogP contribution in [0.1, 0.15) is 65.4 Å². The average molecular weight is 497 g/mol. The fourth-order valence-corrected chi connectivity index (χ4v) is 4.97. The Morgan fingerprint density at radius 3 is 2.49 bits per heavy atom. The van der Waals surface area contributed by atoms with Crippen LogP contribution in [0.3, 0.4) is 0 Å². The number of nitrogens with one attached hydrogen (secondary N) is 1. The molecule has 3 heterocycles. The van der Waals surface area contributed by atoms with Crippen LogP contribution in [0.25, 0.3) is 22.3 Å². The Morgan fingerprint density at radius 2 is 1.78 bits per heavy atom. The third kappa shape index (κ3) is 4.79. The second-order valence-corrected chi connectivity index (χ2v) is 9.89. The van der Waals surface area contributed by atoms with E-state index in [1.807, 2.05) is 61.9 Å². The topological polar surface area (TPSA) is 106 Å². The molecule has 190 valence electrons. The van der Waals surface area contributed by atoms with Gasteiger partial charge in [0, 0.05) is 30.3 Å². The maximum atomic E-state index is 13.9. The summed E-state index contributed by atoms with van der Waals surface area (Å²) >= 11 is 0. The number of pyridine rings is 1. The second-order valence-electron chi connectivity index (χ2n) is 9.89. The minimum Gasteiger partial charge on any atom is -0.370 e. The smallest absolute Gasteiger partial charge is 0.256 e. The van der Waals surface area contributed by atoms with Crippen molar-refractivity contribution in [1.82, 2.24) is 14.8 Å². The van der Waals surface area contributed by atoms with Gasteiger partial charge in [-0.25, -0.2) is 9.67 Å². The van der Waals surface area contributed by atoms with Gasteiger partial charge in [0.1, 0.15) is 0 Å². The zero-order chi connectivity index (χ0) is 26.1. The quantitative estimate of drug-likeness (QED) is 0.375. The fraction of sp³-hybridized carbons (Fsp3) is 0.310. The highest BCUT2D eigenvalue weighted by Crippen LogP contribution is 2.32. The average Bonchev–Trinajstić information content (AvgIpc) is 3.33. The second kappa shape index (κ2) is 10.0. The van der Waals surface area contributed by atoms with Crippen molar-refractivity contribution >= 4 is 34.2 Å². The molecule has 0 bridgehead atoms. The fourth-order valence-electron chi connectivity index (χ4n) is 4.97. The van der Waals surface area contributed by atoms with Gasteiger partial charge in [-0.3, -0.25) is 9.59 Å². The summed E-state index contributed by atoms with van der Waals surface area (Å²) in [4.78, 5) is 33.0. The number of rotatable bonds is 6. The number of benzene rings is 2. The van der Waals surface area contributed by atoms with Gasteiger partial charge in [-0.1, -0.05) is 24.3 Å². The van der Waals surface area contributed by atoms with Gasteiger partial charge in [0.25, 0.3) is 5.91 Å². The molecule has 3 N–H and O–H groups in total. The minimum atomic E-state index is -0.535. The van der Waals surface area contributed by atoms with Gasteiger partial charge in [-0.05, 0) is 69.9 Å². The molecule has 5 rings (SSSR count). The van der Waals surface area contributed by atoms with Crippen LogP contribution in [0, 0.1) is 6.92 Å². The molecule has 1 saturated heterocycles. The van der Waals surface area contributed by atoms with E-state index in [9.17, 15) is 9.59 Å². The molecule has 0 aliphatic carbocycles. The summed E-state index contributed by atoms with van der Waals surface area (Å²) < 4.78 is 1.83. The molecule has 0 unspecified atom stereocenters. The first-order chi connectivity index (χ1) is 17.8. The molecule has 0 atom stereocenters. The molecule has 1 fully saturated rings. The lowest BCUT2D eigenvalue weighted by molar-refractivity contribution is 0.0996. The number of aryl methyl sites for hydroxylation is 1. The lowest BCUT2D eigenvalue weighted by Gasteiger charge is -2.30. The van der Waals surface area contributed by atoms with Crippen LogP contribution in [0.5, 0.6) is 0 Å². The molecule has 1 aliphatic rings. The summed E-state index contributed by atoms with van der Waals surface area (Å²) in [5, 5.41) is 8.30. The summed E-state index contributed by atoms with van der Waals surface area (Å²) in [6.45, 7) is 7.90. The van der Waals surface area contributed by atoms with E-state index in [-0.39, 0.29) is 11.9 Å². The molecule has 0 saturated carbocycles. The molecule has 2 aromatic heterocycles. The predicted octanol–water partition coefficient (Wildman–Crippen LogP) is 5.33. The number of primary amides is 1. The first-order valence-electron chi connectivity index (χ1n) is 12.8. The van der Waals surface area contributed by atoms with E-state index in [1.165, 1.54) is 6.42 Å². The molecule has 37 heavy (non-hydrogen) atoms. The normalized spacial score (nSPS) is 13.8. The zero-order valence-electron chi connectivity index (χ0n) is 21.5. The maximum Gasteiger partial charge on any atom is 0.256 e. The van der Waals surface area contributed by atoms with Crippen molar-refractivity contribution in [2.45, 2.75) is 46.1 Å². The number of carbonyl (C=O) groups excluding carboxylic acids is 2. The third-order valence-corrected chi connectivity index (χ3v) is 6.95. The molecular weight excluding hydrogens is 464 g/mol. The number of piperidine rings is 1. The Morgan fingerprint density at radius 1 is 1.03 bits per heavy atom. The number of hydrogen-bond acceptors (Lipinski definition) is 5. The van der Waals surface area contributed by atoms with Gasteiger partial charge in [0.05, 0.1) is 34.2 Å². The van der Waals surface area contributed by atoms with Crippen molar-refractivity contribution in [3.05, 3.63) is 71.4 Å². The molecule has 2 aromatic carbocycles. The molecule has 8 heteroatoms. The Bertz CT molecular complexity index is 1480. The SMILES string of the molecule is Cc1ccccc1-c1cc(C(=O)Nc2cc(C(N)=O)ccc2N2CCCCC2)c2cnn(C(C)C)c2n1. The number of nitrogens with zero attached hydrogens (tertiary/aromatic N) is 4. The number of carbonyl (C=O) groups is 2. The highest BCUT2D eigenvalue weighted by Gasteiger charge is 2.22. The van der Waals surface area contributed by atoms with Gasteiger partial charge >= 0.3 is 0 Å². The number of nitrogens with two attached hydrogens (primary N) is 1. The van der Waals surface area contributed by atoms with Gasteiger partial charge in [0.15, 0.2) is 5.65 Å². The summed E-state index contributed by atoms with van der Waals surface area (Å²) in [7, 11) is 0. The van der Waals surface area contributed by atoms with Crippen molar-refractivity contribution in [1.29, 1.82) is 0 Å². The first-order valence-corrected chi connectivity index (χ1v) is 12.8. The van der Waals surface area contributed by atoms with Gasteiger partial charge < -0.3 is 16.0 Å². The third-order valence-electron chi connectivity index (χ3n) is 6.95. The van der Waals surface area contributed by atoms with Crippen LogP contribution in [-0.4, -0.2) is 39.7 Å². The maximum absolute atomic E-state index is 13.9. The number of fused-ring (bicyclic) bond motifs is 1. The molecule has 0 radical (unpaired) electrons. The van der Waals surface area contributed by atoms with E-state index in [0.29, 0.717) is 33.5 Å². The van der Waals surface area contributed by atoms with Crippen LogP contribution in [0.15, 0.2) is 54.7 Å². The van der Waals surface area contributed by atoms with E-state index in [2.05, 4.69) is 15.3 Å². The number of aromatic nitrogens is 3. The molecule has 2 amide bonds. The van der Waals surface area contributed by atoms with Crippen LogP contribution in [0.2, 0.25) is 0 Å². The first kappa shape index (κ1) is 24.5. The lowest BCUT2D eigenvalue weighted by Crippen LogP contribution is -2.30. The predicted molar refractivity (Wildman–Crippen MR) is 147 cm³/mol. The van der Waals surface area contributed by atoms with E-state index in [0.717, 1.165) is 42.7 Å². The monoisotopic (exact) mass is 496 g/mol. The molecule has 0 spiro atoms.